The standard InChI is InChI=1S/C12H12N2O4/c1-16-11-7(6-15)3-4-8(12(11)17-2)9-5-10(13)14-18-9/h3-6H,1-2H3,(H2,13,14). The molecule has 0 saturated carbocycles. The van der Waals surface area contributed by atoms with Crippen molar-refractivity contribution in [2.75, 3.05) is 20.0 Å². The average molecular weight is 248 g/mol. The summed E-state index contributed by atoms with van der Waals surface area (Å²) in [7, 11) is 2.94. The fraction of sp³-hybridized carbons (Fsp3) is 0.167. The van der Waals surface area contributed by atoms with Crippen LogP contribution in [0.15, 0.2) is 22.7 Å². The Balaban J connectivity index is 2.65. The van der Waals surface area contributed by atoms with E-state index in [4.69, 9.17) is 19.7 Å². The van der Waals surface area contributed by atoms with E-state index in [2.05, 4.69) is 5.16 Å². The number of anilines is 1. The monoisotopic (exact) mass is 248 g/mol. The van der Waals surface area contributed by atoms with E-state index in [9.17, 15) is 4.79 Å². The van der Waals surface area contributed by atoms with Crippen LogP contribution in [0.25, 0.3) is 11.3 Å². The van der Waals surface area contributed by atoms with E-state index in [-0.39, 0.29) is 5.82 Å². The molecule has 1 aromatic heterocycles. The van der Waals surface area contributed by atoms with Crippen molar-refractivity contribution in [3.05, 3.63) is 23.8 Å². The van der Waals surface area contributed by atoms with Gasteiger partial charge in [0.2, 0.25) is 0 Å². The first-order valence-electron chi connectivity index (χ1n) is 5.14. The summed E-state index contributed by atoms with van der Waals surface area (Å²) in [6.07, 6.45) is 0.694. The topological polar surface area (TPSA) is 87.6 Å². The molecule has 94 valence electrons. The van der Waals surface area contributed by atoms with E-state index in [1.54, 1.807) is 18.2 Å². The lowest BCUT2D eigenvalue weighted by Gasteiger charge is -2.12. The SMILES string of the molecule is COc1c(C=O)ccc(-c2cc(N)no2)c1OC. The number of nitrogens with two attached hydrogens (primary N) is 1. The lowest BCUT2D eigenvalue weighted by atomic mass is 10.1. The molecule has 1 aromatic carbocycles. The Labute approximate surface area is 103 Å². The van der Waals surface area contributed by atoms with E-state index in [0.717, 1.165) is 0 Å². The number of methoxy groups -OCH3 is 2. The highest BCUT2D eigenvalue weighted by Crippen LogP contribution is 2.40. The van der Waals surface area contributed by atoms with Gasteiger partial charge >= 0.3 is 0 Å². The molecular weight excluding hydrogens is 236 g/mol. The minimum Gasteiger partial charge on any atom is -0.492 e. The molecule has 6 nitrogen and oxygen atoms in total. The van der Waals surface area contributed by atoms with Gasteiger partial charge < -0.3 is 19.7 Å². The molecule has 0 atom stereocenters. The number of rotatable bonds is 4. The minimum absolute atomic E-state index is 0.269. The van der Waals surface area contributed by atoms with Crippen LogP contribution in [0.1, 0.15) is 10.4 Å². The highest BCUT2D eigenvalue weighted by molar-refractivity contribution is 5.85. The highest BCUT2D eigenvalue weighted by Gasteiger charge is 2.18. The molecule has 0 radical (unpaired) electrons. The molecule has 0 aliphatic rings. The van der Waals surface area contributed by atoms with E-state index >= 15 is 0 Å². The predicted molar refractivity (Wildman–Crippen MR) is 64.8 cm³/mol. The van der Waals surface area contributed by atoms with Gasteiger partial charge in [0, 0.05) is 6.07 Å². The lowest BCUT2D eigenvalue weighted by Crippen LogP contribution is -1.97. The van der Waals surface area contributed by atoms with Crippen LogP contribution in [0.4, 0.5) is 5.82 Å². The van der Waals surface area contributed by atoms with Gasteiger partial charge in [-0.3, -0.25) is 4.79 Å². The third-order valence-corrected chi connectivity index (χ3v) is 2.47. The summed E-state index contributed by atoms with van der Waals surface area (Å²) < 4.78 is 15.5. The Hall–Kier alpha value is -2.50. The quantitative estimate of drug-likeness (QED) is 0.829. The minimum atomic E-state index is 0.269. The molecule has 6 heteroatoms. The second kappa shape index (κ2) is 4.79. The van der Waals surface area contributed by atoms with Gasteiger partial charge in [0.25, 0.3) is 0 Å². The maximum Gasteiger partial charge on any atom is 0.172 e. The molecule has 0 amide bonds. The highest BCUT2D eigenvalue weighted by atomic mass is 16.5. The summed E-state index contributed by atoms with van der Waals surface area (Å²) in [6.45, 7) is 0. The molecule has 0 fully saturated rings. The van der Waals surface area contributed by atoms with Crippen LogP contribution < -0.4 is 15.2 Å². The fourth-order valence-electron chi connectivity index (χ4n) is 1.69. The van der Waals surface area contributed by atoms with Crippen LogP contribution in [0.2, 0.25) is 0 Å². The molecule has 2 rings (SSSR count). The van der Waals surface area contributed by atoms with Crippen LogP contribution in [-0.2, 0) is 0 Å². The summed E-state index contributed by atoms with van der Waals surface area (Å²) in [6, 6.07) is 4.87. The van der Waals surface area contributed by atoms with E-state index in [1.165, 1.54) is 14.2 Å². The molecular formula is C12H12N2O4. The zero-order valence-electron chi connectivity index (χ0n) is 9.97. The Bertz CT molecular complexity index is 577. The molecule has 0 aliphatic heterocycles. The maximum absolute atomic E-state index is 10.9. The second-order valence-corrected chi connectivity index (χ2v) is 3.50. The Morgan fingerprint density at radius 2 is 2.00 bits per heavy atom. The van der Waals surface area contributed by atoms with E-state index in [0.29, 0.717) is 34.7 Å². The molecule has 0 aliphatic carbocycles. The molecule has 0 unspecified atom stereocenters. The molecule has 2 aromatic rings. The van der Waals surface area contributed by atoms with Crippen LogP contribution in [0.5, 0.6) is 11.5 Å². The smallest absolute Gasteiger partial charge is 0.172 e. The van der Waals surface area contributed by atoms with Crippen molar-refractivity contribution in [2.24, 2.45) is 0 Å². The Kier molecular flexibility index (Phi) is 3.18. The first-order valence-corrected chi connectivity index (χ1v) is 5.14. The van der Waals surface area contributed by atoms with Crippen molar-refractivity contribution in [3.63, 3.8) is 0 Å². The molecule has 18 heavy (non-hydrogen) atoms. The maximum atomic E-state index is 10.9. The van der Waals surface area contributed by atoms with Gasteiger partial charge in [-0.1, -0.05) is 5.16 Å². The van der Waals surface area contributed by atoms with Crippen molar-refractivity contribution in [2.45, 2.75) is 0 Å². The number of ether oxygens (including phenoxy) is 2. The van der Waals surface area contributed by atoms with Gasteiger partial charge in [-0.15, -0.1) is 0 Å². The van der Waals surface area contributed by atoms with E-state index in [1.807, 2.05) is 0 Å². The number of hydrogen-bond donors (Lipinski definition) is 1. The van der Waals surface area contributed by atoms with Gasteiger partial charge in [-0.05, 0) is 12.1 Å². The molecule has 0 spiro atoms. The Morgan fingerprint density at radius 3 is 2.50 bits per heavy atom. The first-order chi connectivity index (χ1) is 8.71. The van der Waals surface area contributed by atoms with Crippen LogP contribution in [0.3, 0.4) is 0 Å². The first kappa shape index (κ1) is 12.0. The zero-order valence-corrected chi connectivity index (χ0v) is 9.97. The second-order valence-electron chi connectivity index (χ2n) is 3.50. The predicted octanol–water partition coefficient (Wildman–Crippen LogP) is 1.75. The van der Waals surface area contributed by atoms with Crippen molar-refractivity contribution in [3.8, 4) is 22.8 Å². The van der Waals surface area contributed by atoms with Crippen molar-refractivity contribution in [1.82, 2.24) is 5.16 Å². The summed E-state index contributed by atoms with van der Waals surface area (Å²) in [5, 5.41) is 3.60. The third kappa shape index (κ3) is 1.88. The summed E-state index contributed by atoms with van der Waals surface area (Å²) in [4.78, 5) is 10.9. The third-order valence-electron chi connectivity index (χ3n) is 2.47. The van der Waals surface area contributed by atoms with Crippen molar-refractivity contribution < 1.29 is 18.8 Å². The Morgan fingerprint density at radius 1 is 1.28 bits per heavy atom. The zero-order chi connectivity index (χ0) is 13.1. The fourth-order valence-corrected chi connectivity index (χ4v) is 1.69. The number of aromatic nitrogens is 1. The summed E-state index contributed by atoms with van der Waals surface area (Å²) >= 11 is 0. The number of carbonyl (C=O) groups excluding carboxylic acids is 1. The number of carbonyl (C=O) groups is 1. The van der Waals surface area contributed by atoms with Gasteiger partial charge in [0.1, 0.15) is 0 Å². The normalized spacial score (nSPS) is 10.1. The number of hydrogen-bond acceptors (Lipinski definition) is 6. The number of aldehydes is 1. The van der Waals surface area contributed by atoms with Crippen molar-refractivity contribution >= 4 is 12.1 Å². The number of nitrogens with zero attached hydrogens (tertiary/aromatic N) is 1. The summed E-state index contributed by atoms with van der Waals surface area (Å²) in [5.41, 5.74) is 6.51. The van der Waals surface area contributed by atoms with E-state index < -0.39 is 0 Å². The van der Waals surface area contributed by atoms with Gasteiger partial charge in [-0.2, -0.15) is 0 Å². The van der Waals surface area contributed by atoms with Crippen molar-refractivity contribution in [1.29, 1.82) is 0 Å². The molecule has 1 heterocycles. The molecule has 2 N–H and O–H groups in total. The van der Waals surface area contributed by atoms with Crippen LogP contribution >= 0.6 is 0 Å². The lowest BCUT2D eigenvalue weighted by molar-refractivity contribution is 0.112. The average Bonchev–Trinajstić information content (AvgIpc) is 2.83. The molecule has 0 bridgehead atoms. The van der Waals surface area contributed by atoms with Gasteiger partial charge in [-0.25, -0.2) is 0 Å². The largest absolute Gasteiger partial charge is 0.492 e. The van der Waals surface area contributed by atoms with Gasteiger partial charge in [0.05, 0.1) is 25.3 Å². The summed E-state index contributed by atoms with van der Waals surface area (Å²) in [5.74, 6) is 1.46. The number of nitrogen functional groups attached to an aromatic ring is 1. The van der Waals surface area contributed by atoms with Gasteiger partial charge in [0.15, 0.2) is 29.4 Å². The number of benzene rings is 1. The molecule has 0 saturated heterocycles. The van der Waals surface area contributed by atoms with Crippen LogP contribution in [-0.4, -0.2) is 25.7 Å². The van der Waals surface area contributed by atoms with Crippen LogP contribution in [0, 0.1) is 0 Å².